The molecule has 0 radical (unpaired) electrons. The lowest BCUT2D eigenvalue weighted by Gasteiger charge is -2.16. The number of hydrogen-bond acceptors (Lipinski definition) is 3. The molecule has 0 aliphatic rings. The molecule has 2 N–H and O–H groups in total. The second-order valence-corrected chi connectivity index (χ2v) is 4.89. The van der Waals surface area contributed by atoms with Gasteiger partial charge < -0.3 is 10.4 Å². The standard InChI is InChI=1S/C11H17BrN2O/c1-7(2)10(15)6-14-11-9(12)4-8(3)5-13-11/h4-5,7,10,15H,6H2,1-3H3,(H,13,14). The largest absolute Gasteiger partial charge is 0.391 e. The van der Waals surface area contributed by atoms with E-state index in [2.05, 4.69) is 26.2 Å². The van der Waals surface area contributed by atoms with Gasteiger partial charge in [0.05, 0.1) is 10.6 Å². The molecule has 15 heavy (non-hydrogen) atoms. The third kappa shape index (κ3) is 3.80. The number of aliphatic hydroxyl groups excluding tert-OH is 1. The quantitative estimate of drug-likeness (QED) is 0.886. The highest BCUT2D eigenvalue weighted by molar-refractivity contribution is 9.10. The van der Waals surface area contributed by atoms with E-state index in [-0.39, 0.29) is 12.0 Å². The van der Waals surface area contributed by atoms with Crippen molar-refractivity contribution in [2.24, 2.45) is 5.92 Å². The smallest absolute Gasteiger partial charge is 0.140 e. The Kier molecular flexibility index (Phi) is 4.54. The number of aliphatic hydroxyl groups is 1. The average Bonchev–Trinajstić information content (AvgIpc) is 2.15. The minimum absolute atomic E-state index is 0.252. The Morgan fingerprint density at radius 3 is 2.73 bits per heavy atom. The molecule has 0 bridgehead atoms. The van der Waals surface area contributed by atoms with Gasteiger partial charge in [0.1, 0.15) is 5.82 Å². The van der Waals surface area contributed by atoms with E-state index in [9.17, 15) is 5.11 Å². The summed E-state index contributed by atoms with van der Waals surface area (Å²) >= 11 is 3.43. The van der Waals surface area contributed by atoms with E-state index >= 15 is 0 Å². The first kappa shape index (κ1) is 12.5. The van der Waals surface area contributed by atoms with Crippen LogP contribution in [0.2, 0.25) is 0 Å². The molecular formula is C11H17BrN2O. The predicted octanol–water partition coefficient (Wildman–Crippen LogP) is 2.58. The highest BCUT2D eigenvalue weighted by Crippen LogP contribution is 2.20. The number of aromatic nitrogens is 1. The Morgan fingerprint density at radius 1 is 1.53 bits per heavy atom. The van der Waals surface area contributed by atoms with Crippen LogP contribution in [0, 0.1) is 12.8 Å². The molecule has 1 unspecified atom stereocenters. The molecule has 3 nitrogen and oxygen atoms in total. The summed E-state index contributed by atoms with van der Waals surface area (Å²) in [5.74, 6) is 1.03. The van der Waals surface area contributed by atoms with Crippen molar-refractivity contribution in [2.45, 2.75) is 26.9 Å². The number of aryl methyl sites for hydroxylation is 1. The highest BCUT2D eigenvalue weighted by atomic mass is 79.9. The van der Waals surface area contributed by atoms with Crippen molar-refractivity contribution < 1.29 is 5.11 Å². The average molecular weight is 273 g/mol. The van der Waals surface area contributed by atoms with Gasteiger partial charge >= 0.3 is 0 Å². The normalized spacial score (nSPS) is 12.9. The maximum Gasteiger partial charge on any atom is 0.140 e. The van der Waals surface area contributed by atoms with Crippen LogP contribution in [-0.4, -0.2) is 22.7 Å². The summed E-state index contributed by atoms with van der Waals surface area (Å²) < 4.78 is 0.929. The van der Waals surface area contributed by atoms with Crippen molar-refractivity contribution in [2.75, 3.05) is 11.9 Å². The van der Waals surface area contributed by atoms with E-state index < -0.39 is 0 Å². The minimum Gasteiger partial charge on any atom is -0.391 e. The zero-order valence-corrected chi connectivity index (χ0v) is 10.9. The Balaban J connectivity index is 2.58. The van der Waals surface area contributed by atoms with Gasteiger partial charge in [-0.15, -0.1) is 0 Å². The SMILES string of the molecule is Cc1cnc(NCC(O)C(C)C)c(Br)c1. The molecule has 0 aliphatic carbocycles. The fourth-order valence-corrected chi connectivity index (χ4v) is 1.70. The molecule has 0 saturated heterocycles. The monoisotopic (exact) mass is 272 g/mol. The topological polar surface area (TPSA) is 45.2 Å². The number of pyridine rings is 1. The fraction of sp³-hybridized carbons (Fsp3) is 0.545. The van der Waals surface area contributed by atoms with E-state index in [1.807, 2.05) is 26.8 Å². The Hall–Kier alpha value is -0.610. The van der Waals surface area contributed by atoms with Crippen molar-refractivity contribution >= 4 is 21.7 Å². The van der Waals surface area contributed by atoms with Gasteiger partial charge in [-0.2, -0.15) is 0 Å². The highest BCUT2D eigenvalue weighted by Gasteiger charge is 2.09. The Labute approximate surface area is 99.1 Å². The zero-order chi connectivity index (χ0) is 11.4. The molecule has 0 aliphatic heterocycles. The predicted molar refractivity (Wildman–Crippen MR) is 66.0 cm³/mol. The van der Waals surface area contributed by atoms with Crippen molar-refractivity contribution in [3.63, 3.8) is 0 Å². The van der Waals surface area contributed by atoms with Crippen molar-refractivity contribution in [1.82, 2.24) is 4.98 Å². The summed E-state index contributed by atoms with van der Waals surface area (Å²) in [7, 11) is 0. The summed E-state index contributed by atoms with van der Waals surface area (Å²) in [4.78, 5) is 4.24. The third-order valence-electron chi connectivity index (χ3n) is 2.23. The van der Waals surface area contributed by atoms with Crippen LogP contribution in [0.15, 0.2) is 16.7 Å². The number of anilines is 1. The van der Waals surface area contributed by atoms with Crippen molar-refractivity contribution in [3.8, 4) is 0 Å². The van der Waals surface area contributed by atoms with Crippen LogP contribution in [0.5, 0.6) is 0 Å². The second-order valence-electron chi connectivity index (χ2n) is 4.04. The first-order valence-electron chi connectivity index (χ1n) is 5.04. The number of hydrogen-bond donors (Lipinski definition) is 2. The molecule has 1 aromatic heterocycles. The lowest BCUT2D eigenvalue weighted by molar-refractivity contribution is 0.138. The van der Waals surface area contributed by atoms with Crippen LogP contribution in [0.4, 0.5) is 5.82 Å². The van der Waals surface area contributed by atoms with E-state index in [1.54, 1.807) is 6.20 Å². The molecule has 0 aromatic carbocycles. The van der Waals surface area contributed by atoms with Gasteiger partial charge in [-0.25, -0.2) is 4.98 Å². The van der Waals surface area contributed by atoms with Crippen molar-refractivity contribution in [3.05, 3.63) is 22.3 Å². The van der Waals surface area contributed by atoms with Gasteiger partial charge in [-0.05, 0) is 40.4 Å². The number of nitrogens with zero attached hydrogens (tertiary/aromatic N) is 1. The second kappa shape index (κ2) is 5.47. The first-order chi connectivity index (χ1) is 7.00. The lowest BCUT2D eigenvalue weighted by Crippen LogP contribution is -2.25. The molecule has 0 amide bonds. The maximum absolute atomic E-state index is 9.63. The summed E-state index contributed by atoms with van der Waals surface area (Å²) in [6, 6.07) is 2.00. The van der Waals surface area contributed by atoms with Crippen LogP contribution >= 0.6 is 15.9 Å². The zero-order valence-electron chi connectivity index (χ0n) is 9.29. The molecule has 84 valence electrons. The summed E-state index contributed by atoms with van der Waals surface area (Å²) in [6.45, 7) is 6.49. The summed E-state index contributed by atoms with van der Waals surface area (Å²) in [5.41, 5.74) is 1.11. The third-order valence-corrected chi connectivity index (χ3v) is 2.83. The molecular weight excluding hydrogens is 256 g/mol. The van der Waals surface area contributed by atoms with Crippen LogP contribution in [-0.2, 0) is 0 Å². The van der Waals surface area contributed by atoms with Crippen molar-refractivity contribution in [1.29, 1.82) is 0 Å². The molecule has 1 aromatic rings. The molecule has 0 saturated carbocycles. The molecule has 0 spiro atoms. The number of nitrogens with one attached hydrogen (secondary N) is 1. The van der Waals surface area contributed by atoms with E-state index in [4.69, 9.17) is 0 Å². The molecule has 1 heterocycles. The van der Waals surface area contributed by atoms with Crippen LogP contribution < -0.4 is 5.32 Å². The van der Waals surface area contributed by atoms with Gasteiger partial charge in [0.2, 0.25) is 0 Å². The Bertz CT molecular complexity index is 328. The summed E-state index contributed by atoms with van der Waals surface area (Å²) in [6.07, 6.45) is 1.45. The minimum atomic E-state index is -0.347. The number of halogens is 1. The summed E-state index contributed by atoms with van der Waals surface area (Å²) in [5, 5.41) is 12.7. The fourth-order valence-electron chi connectivity index (χ4n) is 1.10. The first-order valence-corrected chi connectivity index (χ1v) is 5.84. The molecule has 0 fully saturated rings. The van der Waals surface area contributed by atoms with Gasteiger partial charge in [-0.1, -0.05) is 13.8 Å². The molecule has 1 rings (SSSR count). The van der Waals surface area contributed by atoms with Crippen LogP contribution in [0.3, 0.4) is 0 Å². The molecule has 1 atom stereocenters. The molecule has 4 heteroatoms. The van der Waals surface area contributed by atoms with Gasteiger partial charge in [0.15, 0.2) is 0 Å². The van der Waals surface area contributed by atoms with Crippen LogP contribution in [0.1, 0.15) is 19.4 Å². The maximum atomic E-state index is 9.63. The Morgan fingerprint density at radius 2 is 2.20 bits per heavy atom. The number of rotatable bonds is 4. The van der Waals surface area contributed by atoms with Crippen LogP contribution in [0.25, 0.3) is 0 Å². The van der Waals surface area contributed by atoms with E-state index in [1.165, 1.54) is 0 Å². The van der Waals surface area contributed by atoms with E-state index in [0.29, 0.717) is 6.54 Å². The van der Waals surface area contributed by atoms with Gasteiger partial charge in [0, 0.05) is 12.7 Å². The van der Waals surface area contributed by atoms with Gasteiger partial charge in [0.25, 0.3) is 0 Å². The lowest BCUT2D eigenvalue weighted by atomic mass is 10.1. The van der Waals surface area contributed by atoms with E-state index in [0.717, 1.165) is 15.9 Å². The van der Waals surface area contributed by atoms with Gasteiger partial charge in [-0.3, -0.25) is 0 Å².